The highest BCUT2D eigenvalue weighted by atomic mass is 16.5. The van der Waals surface area contributed by atoms with Crippen molar-refractivity contribution in [3.63, 3.8) is 0 Å². The van der Waals surface area contributed by atoms with Crippen LogP contribution in [0.25, 0.3) is 21.8 Å². The van der Waals surface area contributed by atoms with Crippen LogP contribution in [-0.2, 0) is 4.74 Å². The molecule has 3 aromatic rings. The monoisotopic (exact) mass is 281 g/mol. The largest absolute Gasteiger partial charge is 0.450 e. The lowest BCUT2D eigenvalue weighted by atomic mass is 10.1. The van der Waals surface area contributed by atoms with Crippen molar-refractivity contribution in [1.29, 1.82) is 0 Å². The van der Waals surface area contributed by atoms with Gasteiger partial charge in [-0.1, -0.05) is 12.1 Å². The molecule has 2 aromatic carbocycles. The van der Waals surface area contributed by atoms with Gasteiger partial charge in [-0.3, -0.25) is 5.32 Å². The molecule has 5 heteroatoms. The molecule has 106 valence electrons. The molecular formula is C16H15N3O2. The van der Waals surface area contributed by atoms with Crippen molar-refractivity contribution in [2.24, 2.45) is 0 Å². The van der Waals surface area contributed by atoms with Gasteiger partial charge in [-0.15, -0.1) is 0 Å². The highest BCUT2D eigenvalue weighted by molar-refractivity contribution is 5.96. The molecule has 3 rings (SSSR count). The lowest BCUT2D eigenvalue weighted by Gasteiger charge is -2.07. The molecule has 0 saturated heterocycles. The maximum Gasteiger partial charge on any atom is 0.411 e. The highest BCUT2D eigenvalue weighted by Crippen LogP contribution is 2.23. The first-order valence-corrected chi connectivity index (χ1v) is 6.69. The van der Waals surface area contributed by atoms with Crippen molar-refractivity contribution in [3.05, 3.63) is 42.5 Å². The Balaban J connectivity index is 2.03. The number of anilines is 2. The quantitative estimate of drug-likeness (QED) is 0.556. The smallest absolute Gasteiger partial charge is 0.411 e. The predicted octanol–water partition coefficient (Wildman–Crippen LogP) is 3.54. The molecule has 0 fully saturated rings. The molecule has 0 aliphatic rings. The fourth-order valence-corrected chi connectivity index (χ4v) is 2.20. The van der Waals surface area contributed by atoms with E-state index >= 15 is 0 Å². The van der Waals surface area contributed by atoms with Crippen LogP contribution in [0.4, 0.5) is 16.2 Å². The van der Waals surface area contributed by atoms with Gasteiger partial charge < -0.3 is 10.5 Å². The SMILES string of the molecule is CCOC(=O)Nc1ccc2cc3ccc(N)cc3nc2c1. The zero-order valence-corrected chi connectivity index (χ0v) is 11.6. The third-order valence-corrected chi connectivity index (χ3v) is 3.16. The van der Waals surface area contributed by atoms with Gasteiger partial charge in [0.1, 0.15) is 0 Å². The van der Waals surface area contributed by atoms with E-state index in [2.05, 4.69) is 10.3 Å². The van der Waals surface area contributed by atoms with Gasteiger partial charge in [-0.25, -0.2) is 9.78 Å². The van der Waals surface area contributed by atoms with Crippen molar-refractivity contribution in [1.82, 2.24) is 4.98 Å². The number of nitrogens with two attached hydrogens (primary N) is 1. The number of benzene rings is 2. The molecule has 0 aliphatic heterocycles. The van der Waals surface area contributed by atoms with E-state index in [9.17, 15) is 4.79 Å². The van der Waals surface area contributed by atoms with E-state index in [0.717, 1.165) is 21.8 Å². The number of rotatable bonds is 2. The summed E-state index contributed by atoms with van der Waals surface area (Å²) in [6, 6.07) is 13.2. The summed E-state index contributed by atoms with van der Waals surface area (Å²) in [5.74, 6) is 0. The molecule has 0 atom stereocenters. The van der Waals surface area contributed by atoms with Crippen molar-refractivity contribution < 1.29 is 9.53 Å². The van der Waals surface area contributed by atoms with Crippen molar-refractivity contribution in [2.75, 3.05) is 17.7 Å². The molecule has 3 N–H and O–H groups in total. The Bertz CT molecular complexity index is 830. The van der Waals surface area contributed by atoms with E-state index in [-0.39, 0.29) is 0 Å². The Labute approximate surface area is 121 Å². The minimum atomic E-state index is -0.470. The first-order chi connectivity index (χ1) is 10.2. The van der Waals surface area contributed by atoms with Crippen LogP contribution in [0.1, 0.15) is 6.92 Å². The summed E-state index contributed by atoms with van der Waals surface area (Å²) >= 11 is 0. The summed E-state index contributed by atoms with van der Waals surface area (Å²) in [6.45, 7) is 2.10. The number of nitrogens with zero attached hydrogens (tertiary/aromatic N) is 1. The zero-order valence-electron chi connectivity index (χ0n) is 11.6. The number of aromatic nitrogens is 1. The second-order valence-corrected chi connectivity index (χ2v) is 4.69. The van der Waals surface area contributed by atoms with Gasteiger partial charge in [0.25, 0.3) is 0 Å². The van der Waals surface area contributed by atoms with E-state index in [1.165, 1.54) is 0 Å². The third-order valence-electron chi connectivity index (χ3n) is 3.16. The van der Waals surface area contributed by atoms with Gasteiger partial charge >= 0.3 is 6.09 Å². The number of carbonyl (C=O) groups is 1. The Morgan fingerprint density at radius 2 is 1.86 bits per heavy atom. The summed E-state index contributed by atoms with van der Waals surface area (Å²) in [6.07, 6.45) is -0.470. The molecule has 0 saturated carbocycles. The van der Waals surface area contributed by atoms with Crippen LogP contribution in [0, 0.1) is 0 Å². The number of fused-ring (bicyclic) bond motifs is 2. The second-order valence-electron chi connectivity index (χ2n) is 4.69. The average molecular weight is 281 g/mol. The van der Waals surface area contributed by atoms with Gasteiger partial charge in [0.05, 0.1) is 17.6 Å². The van der Waals surface area contributed by atoms with E-state index in [1.54, 1.807) is 6.92 Å². The average Bonchev–Trinajstić information content (AvgIpc) is 2.45. The number of nitrogen functional groups attached to an aromatic ring is 1. The summed E-state index contributed by atoms with van der Waals surface area (Å²) in [5.41, 5.74) is 8.73. The van der Waals surface area contributed by atoms with Gasteiger partial charge in [-0.05, 0) is 37.3 Å². The first-order valence-electron chi connectivity index (χ1n) is 6.69. The van der Waals surface area contributed by atoms with Crippen molar-refractivity contribution in [3.8, 4) is 0 Å². The summed E-state index contributed by atoms with van der Waals surface area (Å²) < 4.78 is 4.86. The van der Waals surface area contributed by atoms with Crippen molar-refractivity contribution in [2.45, 2.75) is 6.92 Å². The standard InChI is InChI=1S/C16H15N3O2/c1-2-21-16(20)18-13-6-4-11-7-10-3-5-12(17)8-14(10)19-15(11)9-13/h3-9H,2,17H2,1H3,(H,18,20). The number of nitrogens with one attached hydrogen (secondary N) is 1. The van der Waals surface area contributed by atoms with Gasteiger partial charge in [0.2, 0.25) is 0 Å². The van der Waals surface area contributed by atoms with Crippen LogP contribution >= 0.6 is 0 Å². The number of carbonyl (C=O) groups excluding carboxylic acids is 1. The normalized spacial score (nSPS) is 10.7. The molecule has 1 aromatic heterocycles. The molecule has 0 spiro atoms. The van der Waals surface area contributed by atoms with Gasteiger partial charge in [-0.2, -0.15) is 0 Å². The van der Waals surface area contributed by atoms with Crippen molar-refractivity contribution >= 4 is 39.3 Å². The van der Waals surface area contributed by atoms with Crippen LogP contribution in [0.5, 0.6) is 0 Å². The molecule has 1 amide bonds. The first kappa shape index (κ1) is 13.2. The lowest BCUT2D eigenvalue weighted by molar-refractivity contribution is 0.168. The summed E-state index contributed by atoms with van der Waals surface area (Å²) in [4.78, 5) is 16.0. The molecule has 0 bridgehead atoms. The van der Waals surface area contributed by atoms with E-state index in [1.807, 2.05) is 42.5 Å². The van der Waals surface area contributed by atoms with Crippen LogP contribution in [0.3, 0.4) is 0 Å². The maximum absolute atomic E-state index is 11.4. The predicted molar refractivity (Wildman–Crippen MR) is 84.3 cm³/mol. The maximum atomic E-state index is 11.4. The van der Waals surface area contributed by atoms with Crippen LogP contribution in [0.15, 0.2) is 42.5 Å². The zero-order chi connectivity index (χ0) is 14.8. The number of amides is 1. The lowest BCUT2D eigenvalue weighted by Crippen LogP contribution is -2.13. The third kappa shape index (κ3) is 2.72. The fraction of sp³-hybridized carbons (Fsp3) is 0.125. The van der Waals surface area contributed by atoms with Gasteiger partial charge in [0.15, 0.2) is 0 Å². The minimum absolute atomic E-state index is 0.335. The van der Waals surface area contributed by atoms with Crippen LogP contribution in [-0.4, -0.2) is 17.7 Å². The van der Waals surface area contributed by atoms with Crippen LogP contribution in [0.2, 0.25) is 0 Å². The molecular weight excluding hydrogens is 266 g/mol. The topological polar surface area (TPSA) is 77.2 Å². The molecule has 21 heavy (non-hydrogen) atoms. The Morgan fingerprint density at radius 1 is 1.14 bits per heavy atom. The van der Waals surface area contributed by atoms with E-state index in [4.69, 9.17) is 10.5 Å². The molecule has 0 unspecified atom stereocenters. The molecule has 5 nitrogen and oxygen atoms in total. The number of hydrogen-bond acceptors (Lipinski definition) is 4. The van der Waals surface area contributed by atoms with E-state index in [0.29, 0.717) is 18.0 Å². The number of ether oxygens (including phenoxy) is 1. The molecule has 0 aliphatic carbocycles. The van der Waals surface area contributed by atoms with Crippen LogP contribution < -0.4 is 11.1 Å². The number of pyridine rings is 1. The van der Waals surface area contributed by atoms with E-state index < -0.39 is 6.09 Å². The fourth-order valence-electron chi connectivity index (χ4n) is 2.20. The Hall–Kier alpha value is -2.82. The highest BCUT2D eigenvalue weighted by Gasteiger charge is 2.05. The second kappa shape index (κ2) is 5.28. The Morgan fingerprint density at radius 3 is 2.62 bits per heavy atom. The Kier molecular flexibility index (Phi) is 3.31. The summed E-state index contributed by atoms with van der Waals surface area (Å²) in [5, 5.41) is 4.70. The number of hydrogen-bond donors (Lipinski definition) is 2. The summed E-state index contributed by atoms with van der Waals surface area (Å²) in [7, 11) is 0. The molecule has 0 radical (unpaired) electrons. The molecule has 1 heterocycles. The van der Waals surface area contributed by atoms with Gasteiger partial charge in [0, 0.05) is 22.1 Å². The minimum Gasteiger partial charge on any atom is -0.450 e.